The van der Waals surface area contributed by atoms with Crippen LogP contribution in [0.15, 0.2) is 24.3 Å². The Hall–Kier alpha value is -3.37. The number of primary amides is 1. The van der Waals surface area contributed by atoms with Crippen molar-refractivity contribution >= 4 is 23.8 Å². The number of ether oxygens (including phenoxy) is 3. The summed E-state index contributed by atoms with van der Waals surface area (Å²) >= 11 is 0. The fourth-order valence-electron chi connectivity index (χ4n) is 2.09. The number of nitro benzene ring substituents is 1. The minimum absolute atomic E-state index is 0.0301. The Kier molecular flexibility index (Phi) is 9.20. The zero-order valence-electron chi connectivity index (χ0n) is 15.6. The molecule has 11 nitrogen and oxygen atoms in total. The number of amides is 2. The molecule has 0 fully saturated rings. The van der Waals surface area contributed by atoms with Gasteiger partial charge in [0, 0.05) is 18.7 Å². The van der Waals surface area contributed by atoms with Crippen molar-refractivity contribution in [3.8, 4) is 5.75 Å². The van der Waals surface area contributed by atoms with Crippen LogP contribution in [-0.2, 0) is 14.3 Å². The number of hydrogen-bond donors (Lipinski definition) is 2. The van der Waals surface area contributed by atoms with Gasteiger partial charge in [-0.25, -0.2) is 9.59 Å². The van der Waals surface area contributed by atoms with Crippen LogP contribution in [0.5, 0.6) is 5.75 Å². The maximum absolute atomic E-state index is 12.0. The van der Waals surface area contributed by atoms with Gasteiger partial charge in [-0.3, -0.25) is 14.9 Å². The van der Waals surface area contributed by atoms with Crippen LogP contribution in [0.25, 0.3) is 0 Å². The van der Waals surface area contributed by atoms with E-state index in [0.29, 0.717) is 12.8 Å². The molecule has 0 saturated heterocycles. The number of hydrogen-bond acceptors (Lipinski definition) is 8. The Balaban J connectivity index is 2.29. The predicted molar refractivity (Wildman–Crippen MR) is 96.6 cm³/mol. The summed E-state index contributed by atoms with van der Waals surface area (Å²) in [5.74, 6) is -0.266. The number of non-ortho nitro benzene ring substituents is 1. The second kappa shape index (κ2) is 11.4. The van der Waals surface area contributed by atoms with Gasteiger partial charge in [-0.05, 0) is 30.9 Å². The molecule has 1 aromatic carbocycles. The summed E-state index contributed by atoms with van der Waals surface area (Å²) in [6.07, 6.45) is -2.36. The number of nitrogens with one attached hydrogen (secondary N) is 1. The molecule has 0 heterocycles. The second-order valence-electron chi connectivity index (χ2n) is 6.15. The lowest BCUT2D eigenvalue weighted by atomic mass is 10.1. The highest BCUT2D eigenvalue weighted by molar-refractivity contribution is 5.83. The van der Waals surface area contributed by atoms with E-state index in [4.69, 9.17) is 19.9 Å². The van der Waals surface area contributed by atoms with E-state index in [0.717, 1.165) is 0 Å². The van der Waals surface area contributed by atoms with E-state index in [1.54, 1.807) is 0 Å². The largest absolute Gasteiger partial charge is 0.513 e. The highest BCUT2D eigenvalue weighted by Crippen LogP contribution is 2.17. The molecule has 0 bridgehead atoms. The number of nitro groups is 1. The molecular weight excluding hydrogens is 374 g/mol. The van der Waals surface area contributed by atoms with E-state index < -0.39 is 29.2 Å². The maximum Gasteiger partial charge on any atom is 0.513 e. The summed E-state index contributed by atoms with van der Waals surface area (Å²) in [7, 11) is 0. The Morgan fingerprint density at radius 3 is 2.39 bits per heavy atom. The first-order valence-corrected chi connectivity index (χ1v) is 8.52. The van der Waals surface area contributed by atoms with Gasteiger partial charge in [0.05, 0.1) is 11.5 Å². The SMILES string of the molecule is CC(C)C[C@H](OC(N)=O)C(=O)NCCCOC(=O)Oc1ccc([N+](=O)[O-])cc1. The molecule has 0 aliphatic rings. The Morgan fingerprint density at radius 1 is 1.21 bits per heavy atom. The third-order valence-corrected chi connectivity index (χ3v) is 3.33. The van der Waals surface area contributed by atoms with Gasteiger partial charge < -0.3 is 25.3 Å². The van der Waals surface area contributed by atoms with Crippen LogP contribution in [0.4, 0.5) is 15.3 Å². The molecule has 0 aliphatic carbocycles. The summed E-state index contributed by atoms with van der Waals surface area (Å²) in [4.78, 5) is 44.4. The van der Waals surface area contributed by atoms with Crippen molar-refractivity contribution in [2.24, 2.45) is 11.7 Å². The van der Waals surface area contributed by atoms with Crippen LogP contribution in [0.2, 0.25) is 0 Å². The van der Waals surface area contributed by atoms with Crippen LogP contribution in [0.3, 0.4) is 0 Å². The minimum Gasteiger partial charge on any atom is -0.436 e. The molecule has 28 heavy (non-hydrogen) atoms. The first-order chi connectivity index (χ1) is 13.2. The normalized spacial score (nSPS) is 11.4. The van der Waals surface area contributed by atoms with Gasteiger partial charge in [0.25, 0.3) is 11.6 Å². The molecule has 154 valence electrons. The predicted octanol–water partition coefficient (Wildman–Crippen LogP) is 2.13. The summed E-state index contributed by atoms with van der Waals surface area (Å²) < 4.78 is 14.5. The molecule has 0 aliphatic heterocycles. The Bertz CT molecular complexity index is 690. The molecule has 2 amide bonds. The molecular formula is C17H23N3O8. The van der Waals surface area contributed by atoms with Gasteiger partial charge in [-0.2, -0.15) is 0 Å². The van der Waals surface area contributed by atoms with Gasteiger partial charge >= 0.3 is 12.2 Å². The molecule has 0 saturated carbocycles. The van der Waals surface area contributed by atoms with E-state index in [9.17, 15) is 24.5 Å². The topological polar surface area (TPSA) is 160 Å². The summed E-state index contributed by atoms with van der Waals surface area (Å²) in [5, 5.41) is 13.1. The summed E-state index contributed by atoms with van der Waals surface area (Å²) in [6.45, 7) is 3.89. The van der Waals surface area contributed by atoms with Crippen LogP contribution in [0.1, 0.15) is 26.7 Å². The highest BCUT2D eigenvalue weighted by atomic mass is 16.7. The smallest absolute Gasteiger partial charge is 0.436 e. The van der Waals surface area contributed by atoms with Crippen molar-refractivity contribution in [3.63, 3.8) is 0 Å². The van der Waals surface area contributed by atoms with Crippen LogP contribution >= 0.6 is 0 Å². The monoisotopic (exact) mass is 397 g/mol. The first-order valence-electron chi connectivity index (χ1n) is 8.52. The van der Waals surface area contributed by atoms with E-state index in [1.165, 1.54) is 24.3 Å². The van der Waals surface area contributed by atoms with Crippen molar-refractivity contribution in [1.82, 2.24) is 5.32 Å². The van der Waals surface area contributed by atoms with Gasteiger partial charge in [0.15, 0.2) is 6.10 Å². The van der Waals surface area contributed by atoms with E-state index in [1.807, 2.05) is 13.8 Å². The quantitative estimate of drug-likeness (QED) is 0.199. The van der Waals surface area contributed by atoms with Crippen molar-refractivity contribution in [1.29, 1.82) is 0 Å². The third kappa shape index (κ3) is 8.83. The molecule has 0 unspecified atom stereocenters. The average molecular weight is 397 g/mol. The summed E-state index contributed by atoms with van der Waals surface area (Å²) in [6, 6.07) is 4.93. The molecule has 1 rings (SSSR count). The zero-order valence-corrected chi connectivity index (χ0v) is 15.6. The highest BCUT2D eigenvalue weighted by Gasteiger charge is 2.22. The number of benzene rings is 1. The van der Waals surface area contributed by atoms with E-state index in [2.05, 4.69) is 5.32 Å². The minimum atomic E-state index is -1.03. The fourth-order valence-corrected chi connectivity index (χ4v) is 2.09. The molecule has 1 atom stereocenters. The molecule has 1 aromatic rings. The van der Waals surface area contributed by atoms with Crippen LogP contribution in [-0.4, -0.2) is 42.3 Å². The maximum atomic E-state index is 12.0. The number of carbonyl (C=O) groups excluding carboxylic acids is 3. The van der Waals surface area contributed by atoms with Gasteiger partial charge in [-0.1, -0.05) is 13.8 Å². The standard InChI is InChI=1S/C17H23N3O8/c1-11(2)10-14(28-16(18)22)15(21)19-8-3-9-26-17(23)27-13-6-4-12(5-7-13)20(24)25/h4-7,11,14H,3,8-10H2,1-2H3,(H2,18,22)(H,19,21)/t14-/m0/s1. The lowest BCUT2D eigenvalue weighted by Gasteiger charge is -2.18. The lowest BCUT2D eigenvalue weighted by molar-refractivity contribution is -0.384. The van der Waals surface area contributed by atoms with Crippen molar-refractivity contribution < 1.29 is 33.5 Å². The first kappa shape index (κ1) is 22.7. The number of carbonyl (C=O) groups is 3. The number of rotatable bonds is 10. The molecule has 0 aromatic heterocycles. The second-order valence-corrected chi connectivity index (χ2v) is 6.15. The van der Waals surface area contributed by atoms with Crippen molar-refractivity contribution in [2.45, 2.75) is 32.8 Å². The fraction of sp³-hybridized carbons (Fsp3) is 0.471. The summed E-state index contributed by atoms with van der Waals surface area (Å²) in [5.41, 5.74) is 4.83. The molecule has 3 N–H and O–H groups in total. The molecule has 0 spiro atoms. The van der Waals surface area contributed by atoms with E-state index in [-0.39, 0.29) is 30.5 Å². The van der Waals surface area contributed by atoms with Gasteiger partial charge in [0.1, 0.15) is 5.75 Å². The van der Waals surface area contributed by atoms with E-state index >= 15 is 0 Å². The zero-order chi connectivity index (χ0) is 21.1. The van der Waals surface area contributed by atoms with Gasteiger partial charge in [0.2, 0.25) is 0 Å². The Morgan fingerprint density at radius 2 is 1.86 bits per heavy atom. The van der Waals surface area contributed by atoms with Crippen molar-refractivity contribution in [2.75, 3.05) is 13.2 Å². The molecule has 0 radical (unpaired) electrons. The Labute approximate surface area is 161 Å². The third-order valence-electron chi connectivity index (χ3n) is 3.33. The van der Waals surface area contributed by atoms with Crippen LogP contribution in [0, 0.1) is 16.0 Å². The van der Waals surface area contributed by atoms with Gasteiger partial charge in [-0.15, -0.1) is 0 Å². The number of nitrogens with two attached hydrogens (primary N) is 1. The number of nitrogens with zero attached hydrogens (tertiary/aromatic N) is 1. The average Bonchev–Trinajstić information content (AvgIpc) is 2.60. The van der Waals surface area contributed by atoms with Crippen molar-refractivity contribution in [3.05, 3.63) is 34.4 Å². The molecule has 11 heteroatoms. The van der Waals surface area contributed by atoms with Crippen LogP contribution < -0.4 is 15.8 Å². The lowest BCUT2D eigenvalue weighted by Crippen LogP contribution is -2.40.